The maximum atomic E-state index is 12.3. The summed E-state index contributed by atoms with van der Waals surface area (Å²) in [6.07, 6.45) is 3.41. The molecule has 0 aliphatic heterocycles. The van der Waals surface area contributed by atoms with Gasteiger partial charge in [0.25, 0.3) is 5.91 Å². The molecule has 0 radical (unpaired) electrons. The molecular formula is C15H13BrClNOS. The summed E-state index contributed by atoms with van der Waals surface area (Å²) in [5, 5.41) is 3.57. The van der Waals surface area contributed by atoms with E-state index in [1.54, 1.807) is 17.4 Å². The molecule has 1 N–H and O–H groups in total. The SMILES string of the molecule is Cc1cc(Br)c(NC(=O)c2cc3c(s2)CCC3)cc1Cl. The first kappa shape index (κ1) is 14.1. The number of thiophene rings is 1. The average Bonchev–Trinajstić information content (AvgIpc) is 2.96. The number of carbonyl (C=O) groups excluding carboxylic acids is 1. The van der Waals surface area contributed by atoms with E-state index in [9.17, 15) is 4.79 Å². The topological polar surface area (TPSA) is 29.1 Å². The van der Waals surface area contributed by atoms with Crippen molar-refractivity contribution in [2.24, 2.45) is 0 Å². The van der Waals surface area contributed by atoms with Crippen molar-refractivity contribution < 1.29 is 4.79 Å². The van der Waals surface area contributed by atoms with Crippen LogP contribution in [0.15, 0.2) is 22.7 Å². The summed E-state index contributed by atoms with van der Waals surface area (Å²) in [6.45, 7) is 1.93. The fraction of sp³-hybridized carbons (Fsp3) is 0.267. The fourth-order valence-electron chi connectivity index (χ4n) is 2.37. The highest BCUT2D eigenvalue weighted by Gasteiger charge is 2.19. The molecule has 20 heavy (non-hydrogen) atoms. The monoisotopic (exact) mass is 369 g/mol. The molecule has 5 heteroatoms. The Morgan fingerprint density at radius 1 is 1.35 bits per heavy atom. The van der Waals surface area contributed by atoms with Crippen molar-refractivity contribution in [1.82, 2.24) is 0 Å². The van der Waals surface area contributed by atoms with Crippen LogP contribution in [0.5, 0.6) is 0 Å². The van der Waals surface area contributed by atoms with E-state index in [1.165, 1.54) is 16.9 Å². The quantitative estimate of drug-likeness (QED) is 0.772. The van der Waals surface area contributed by atoms with Gasteiger partial charge in [0.05, 0.1) is 10.6 Å². The lowest BCUT2D eigenvalue weighted by Gasteiger charge is -2.08. The van der Waals surface area contributed by atoms with Crippen LogP contribution in [0, 0.1) is 6.92 Å². The summed E-state index contributed by atoms with van der Waals surface area (Å²) in [7, 11) is 0. The molecule has 1 amide bonds. The molecule has 0 atom stereocenters. The van der Waals surface area contributed by atoms with E-state index >= 15 is 0 Å². The number of fused-ring (bicyclic) bond motifs is 1. The molecule has 1 aliphatic rings. The molecule has 0 unspecified atom stereocenters. The highest BCUT2D eigenvalue weighted by atomic mass is 79.9. The predicted molar refractivity (Wildman–Crippen MR) is 88.2 cm³/mol. The standard InChI is InChI=1S/C15H13BrClNOS/c1-8-5-10(16)12(7-11(8)17)18-15(19)14-6-9-3-2-4-13(9)20-14/h5-7H,2-4H2,1H3,(H,18,19). The van der Waals surface area contributed by atoms with Crippen LogP contribution in [0.25, 0.3) is 0 Å². The first-order valence-electron chi connectivity index (χ1n) is 6.43. The maximum Gasteiger partial charge on any atom is 0.265 e. The number of carbonyl (C=O) groups is 1. The maximum absolute atomic E-state index is 12.3. The smallest absolute Gasteiger partial charge is 0.265 e. The zero-order valence-electron chi connectivity index (χ0n) is 10.9. The fourth-order valence-corrected chi connectivity index (χ4v) is 4.24. The molecule has 1 aromatic carbocycles. The van der Waals surface area contributed by atoms with Crippen molar-refractivity contribution in [2.75, 3.05) is 5.32 Å². The Hall–Kier alpha value is -0.840. The van der Waals surface area contributed by atoms with E-state index in [2.05, 4.69) is 21.2 Å². The number of amides is 1. The van der Waals surface area contributed by atoms with Crippen LogP contribution < -0.4 is 5.32 Å². The van der Waals surface area contributed by atoms with Gasteiger partial charge in [0.1, 0.15) is 0 Å². The molecular weight excluding hydrogens is 358 g/mol. The number of hydrogen-bond donors (Lipinski definition) is 1. The second-order valence-electron chi connectivity index (χ2n) is 4.95. The molecule has 1 heterocycles. The molecule has 0 saturated carbocycles. The largest absolute Gasteiger partial charge is 0.320 e. The molecule has 104 valence electrons. The number of anilines is 1. The van der Waals surface area contributed by atoms with Crippen molar-refractivity contribution in [3.8, 4) is 0 Å². The second kappa shape index (κ2) is 5.51. The summed E-state index contributed by atoms with van der Waals surface area (Å²) in [4.78, 5) is 14.4. The summed E-state index contributed by atoms with van der Waals surface area (Å²) < 4.78 is 0.844. The molecule has 0 saturated heterocycles. The number of rotatable bonds is 2. The molecule has 2 nitrogen and oxygen atoms in total. The van der Waals surface area contributed by atoms with E-state index in [-0.39, 0.29) is 5.91 Å². The lowest BCUT2D eigenvalue weighted by atomic mass is 10.2. The third-order valence-electron chi connectivity index (χ3n) is 3.47. The van der Waals surface area contributed by atoms with Gasteiger partial charge in [0.15, 0.2) is 0 Å². The Labute approximate surface area is 135 Å². The Kier molecular flexibility index (Phi) is 3.89. The van der Waals surface area contributed by atoms with Gasteiger partial charge in [-0.15, -0.1) is 11.3 Å². The number of nitrogens with one attached hydrogen (secondary N) is 1. The number of aryl methyl sites for hydroxylation is 3. The van der Waals surface area contributed by atoms with Crippen LogP contribution in [-0.2, 0) is 12.8 Å². The van der Waals surface area contributed by atoms with Gasteiger partial charge in [-0.1, -0.05) is 11.6 Å². The van der Waals surface area contributed by atoms with Crippen LogP contribution in [0.1, 0.15) is 32.1 Å². The minimum atomic E-state index is -0.0648. The summed E-state index contributed by atoms with van der Waals surface area (Å²) >= 11 is 11.2. The molecule has 0 bridgehead atoms. The van der Waals surface area contributed by atoms with Crippen LogP contribution in [-0.4, -0.2) is 5.91 Å². The summed E-state index contributed by atoms with van der Waals surface area (Å²) in [5.41, 5.74) is 3.02. The van der Waals surface area contributed by atoms with Crippen LogP contribution >= 0.6 is 38.9 Å². The van der Waals surface area contributed by atoms with Crippen molar-refractivity contribution in [1.29, 1.82) is 0 Å². The van der Waals surface area contributed by atoms with E-state index in [0.29, 0.717) is 10.7 Å². The minimum absolute atomic E-state index is 0.0648. The number of hydrogen-bond acceptors (Lipinski definition) is 2. The Bertz CT molecular complexity index is 674. The van der Waals surface area contributed by atoms with Crippen molar-refractivity contribution in [2.45, 2.75) is 26.2 Å². The van der Waals surface area contributed by atoms with Gasteiger partial charge >= 0.3 is 0 Å². The number of benzene rings is 1. The molecule has 0 spiro atoms. The van der Waals surface area contributed by atoms with E-state index in [0.717, 1.165) is 27.8 Å². The summed E-state index contributed by atoms with van der Waals surface area (Å²) in [5.74, 6) is -0.0648. The molecule has 3 rings (SSSR count). The second-order valence-corrected chi connectivity index (χ2v) is 7.35. The number of halogens is 2. The van der Waals surface area contributed by atoms with Crippen molar-refractivity contribution >= 4 is 50.5 Å². The van der Waals surface area contributed by atoms with Gasteiger partial charge in [0.2, 0.25) is 0 Å². The zero-order valence-corrected chi connectivity index (χ0v) is 14.1. The first-order valence-corrected chi connectivity index (χ1v) is 8.42. The van der Waals surface area contributed by atoms with Crippen molar-refractivity contribution in [3.05, 3.63) is 48.6 Å². The van der Waals surface area contributed by atoms with E-state index in [1.807, 2.05) is 19.1 Å². The Morgan fingerprint density at radius 3 is 2.90 bits per heavy atom. The highest BCUT2D eigenvalue weighted by molar-refractivity contribution is 9.10. The van der Waals surface area contributed by atoms with Gasteiger partial charge in [-0.3, -0.25) is 4.79 Å². The van der Waals surface area contributed by atoms with Gasteiger partial charge in [-0.25, -0.2) is 0 Å². The van der Waals surface area contributed by atoms with Gasteiger partial charge in [-0.05, 0) is 71.4 Å². The molecule has 2 aromatic rings. The Morgan fingerprint density at radius 2 is 2.15 bits per heavy atom. The van der Waals surface area contributed by atoms with Gasteiger partial charge in [0, 0.05) is 14.4 Å². The zero-order chi connectivity index (χ0) is 14.3. The summed E-state index contributed by atoms with van der Waals surface area (Å²) in [6, 6.07) is 5.71. The lowest BCUT2D eigenvalue weighted by Crippen LogP contribution is -2.10. The molecule has 0 fully saturated rings. The van der Waals surface area contributed by atoms with Crippen LogP contribution in [0.3, 0.4) is 0 Å². The predicted octanol–water partition coefficient (Wildman–Crippen LogP) is 5.21. The normalized spacial score (nSPS) is 13.3. The van der Waals surface area contributed by atoms with E-state index < -0.39 is 0 Å². The van der Waals surface area contributed by atoms with E-state index in [4.69, 9.17) is 11.6 Å². The van der Waals surface area contributed by atoms with Gasteiger partial charge < -0.3 is 5.32 Å². The third-order valence-corrected chi connectivity index (χ3v) is 5.77. The average molecular weight is 371 g/mol. The molecule has 1 aromatic heterocycles. The lowest BCUT2D eigenvalue weighted by molar-refractivity contribution is 0.103. The highest BCUT2D eigenvalue weighted by Crippen LogP contribution is 2.33. The minimum Gasteiger partial charge on any atom is -0.320 e. The molecule has 1 aliphatic carbocycles. The first-order chi connectivity index (χ1) is 9.54. The van der Waals surface area contributed by atoms with Gasteiger partial charge in [-0.2, -0.15) is 0 Å². The Balaban J connectivity index is 1.83. The van der Waals surface area contributed by atoms with Crippen LogP contribution in [0.4, 0.5) is 5.69 Å². The van der Waals surface area contributed by atoms with Crippen LogP contribution in [0.2, 0.25) is 5.02 Å². The third kappa shape index (κ3) is 2.65. The van der Waals surface area contributed by atoms with Crippen molar-refractivity contribution in [3.63, 3.8) is 0 Å².